The van der Waals surface area contributed by atoms with Gasteiger partial charge in [0.05, 0.1) is 38.1 Å². The molecule has 142 valence electrons. The van der Waals surface area contributed by atoms with Crippen LogP contribution in [0, 0.1) is 0 Å². The highest BCUT2D eigenvalue weighted by molar-refractivity contribution is 5.81. The van der Waals surface area contributed by atoms with Crippen molar-refractivity contribution in [2.45, 2.75) is 32.4 Å². The average molecular weight is 363 g/mol. The smallest absolute Gasteiger partial charge is 0.261 e. The van der Waals surface area contributed by atoms with E-state index in [-0.39, 0.29) is 17.5 Å². The van der Waals surface area contributed by atoms with Crippen LogP contribution in [-0.2, 0) is 16.1 Å². The van der Waals surface area contributed by atoms with Crippen LogP contribution < -0.4 is 20.3 Å². The Morgan fingerprint density at radius 2 is 1.92 bits per heavy atom. The van der Waals surface area contributed by atoms with E-state index in [0.29, 0.717) is 48.4 Å². The van der Waals surface area contributed by atoms with Gasteiger partial charge in [-0.15, -0.1) is 0 Å². The number of fused-ring (bicyclic) bond motifs is 1. The highest BCUT2D eigenvalue weighted by Crippen LogP contribution is 2.29. The van der Waals surface area contributed by atoms with Gasteiger partial charge in [0.2, 0.25) is 5.91 Å². The van der Waals surface area contributed by atoms with Gasteiger partial charge in [0.15, 0.2) is 11.5 Å². The van der Waals surface area contributed by atoms with Crippen LogP contribution in [0.4, 0.5) is 0 Å². The second kappa shape index (κ2) is 9.19. The summed E-state index contributed by atoms with van der Waals surface area (Å²) in [4.78, 5) is 28.8. The van der Waals surface area contributed by atoms with Gasteiger partial charge in [0, 0.05) is 32.2 Å². The van der Waals surface area contributed by atoms with E-state index in [2.05, 4.69) is 10.3 Å². The van der Waals surface area contributed by atoms with Gasteiger partial charge >= 0.3 is 0 Å². The van der Waals surface area contributed by atoms with E-state index in [4.69, 9.17) is 14.2 Å². The van der Waals surface area contributed by atoms with Crippen LogP contribution in [0.15, 0.2) is 23.3 Å². The van der Waals surface area contributed by atoms with Crippen LogP contribution in [-0.4, -0.2) is 49.4 Å². The molecular weight excluding hydrogens is 338 g/mol. The van der Waals surface area contributed by atoms with Crippen molar-refractivity contribution >= 4 is 16.8 Å². The molecule has 0 aliphatic heterocycles. The van der Waals surface area contributed by atoms with E-state index in [1.807, 2.05) is 6.92 Å². The monoisotopic (exact) mass is 363 g/mol. The summed E-state index contributed by atoms with van der Waals surface area (Å²) >= 11 is 0. The molecular formula is C18H25N3O5. The van der Waals surface area contributed by atoms with E-state index in [1.165, 1.54) is 25.1 Å². The van der Waals surface area contributed by atoms with Gasteiger partial charge in [-0.3, -0.25) is 14.2 Å². The summed E-state index contributed by atoms with van der Waals surface area (Å²) in [5.74, 6) is 0.928. The third-order valence-electron chi connectivity index (χ3n) is 3.96. The van der Waals surface area contributed by atoms with Crippen LogP contribution in [0.2, 0.25) is 0 Å². The highest BCUT2D eigenvalue weighted by atomic mass is 16.5. The Kier molecular flexibility index (Phi) is 6.97. The van der Waals surface area contributed by atoms with Crippen molar-refractivity contribution in [3.63, 3.8) is 0 Å². The number of carbonyl (C=O) groups excluding carboxylic acids is 1. The number of aromatic nitrogens is 2. The first kappa shape index (κ1) is 19.7. The molecule has 0 saturated heterocycles. The maximum absolute atomic E-state index is 12.6. The molecule has 1 heterocycles. The highest BCUT2D eigenvalue weighted by Gasteiger charge is 2.12. The lowest BCUT2D eigenvalue weighted by Crippen LogP contribution is -2.35. The third kappa shape index (κ3) is 4.72. The zero-order valence-electron chi connectivity index (χ0n) is 15.6. The van der Waals surface area contributed by atoms with Crippen LogP contribution in [0.5, 0.6) is 11.5 Å². The number of hydrogen-bond donors (Lipinski definition) is 1. The number of nitrogens with zero attached hydrogens (tertiary/aromatic N) is 2. The molecule has 1 unspecified atom stereocenters. The summed E-state index contributed by atoms with van der Waals surface area (Å²) in [6, 6.07) is 3.25. The van der Waals surface area contributed by atoms with Gasteiger partial charge in [-0.05, 0) is 19.4 Å². The van der Waals surface area contributed by atoms with Crippen molar-refractivity contribution in [3.8, 4) is 11.5 Å². The predicted octanol–water partition coefficient (Wildman–Crippen LogP) is 1.34. The van der Waals surface area contributed by atoms with Gasteiger partial charge in [-0.1, -0.05) is 0 Å². The molecule has 1 aromatic carbocycles. The largest absolute Gasteiger partial charge is 0.493 e. The Morgan fingerprint density at radius 1 is 1.23 bits per heavy atom. The van der Waals surface area contributed by atoms with E-state index in [0.717, 1.165) is 0 Å². The zero-order chi connectivity index (χ0) is 19.1. The molecule has 0 fully saturated rings. The molecule has 0 aliphatic carbocycles. The number of methoxy groups -OCH3 is 3. The van der Waals surface area contributed by atoms with E-state index in [1.54, 1.807) is 19.2 Å². The Labute approximate surface area is 152 Å². The van der Waals surface area contributed by atoms with Gasteiger partial charge in [0.1, 0.15) is 0 Å². The Hall–Kier alpha value is -2.61. The third-order valence-corrected chi connectivity index (χ3v) is 3.96. The molecule has 0 radical (unpaired) electrons. The standard InChI is InChI=1S/C18H25N3O5/c1-12(10-24-2)20-17(22)6-5-7-21-11-19-14-9-16(26-4)15(25-3)8-13(14)18(21)23/h8-9,11-12H,5-7,10H2,1-4H3,(H,20,22). The second-order valence-corrected chi connectivity index (χ2v) is 5.99. The molecule has 0 bridgehead atoms. The summed E-state index contributed by atoms with van der Waals surface area (Å²) < 4.78 is 17.0. The lowest BCUT2D eigenvalue weighted by Gasteiger charge is -2.13. The first-order valence-electron chi connectivity index (χ1n) is 8.39. The van der Waals surface area contributed by atoms with Crippen molar-refractivity contribution < 1.29 is 19.0 Å². The fourth-order valence-corrected chi connectivity index (χ4v) is 2.69. The van der Waals surface area contributed by atoms with Gasteiger partial charge < -0.3 is 19.5 Å². The minimum absolute atomic E-state index is 0.0417. The number of nitrogens with one attached hydrogen (secondary N) is 1. The molecule has 0 spiro atoms. The fourth-order valence-electron chi connectivity index (χ4n) is 2.69. The molecule has 8 nitrogen and oxygen atoms in total. The molecule has 1 N–H and O–H groups in total. The van der Waals surface area contributed by atoms with Gasteiger partial charge in [-0.2, -0.15) is 0 Å². The molecule has 8 heteroatoms. The molecule has 1 atom stereocenters. The minimum Gasteiger partial charge on any atom is -0.493 e. The molecule has 26 heavy (non-hydrogen) atoms. The Balaban J connectivity index is 2.07. The van der Waals surface area contributed by atoms with Crippen LogP contribution in [0.1, 0.15) is 19.8 Å². The quantitative estimate of drug-likeness (QED) is 0.723. The van der Waals surface area contributed by atoms with Crippen LogP contribution >= 0.6 is 0 Å². The van der Waals surface area contributed by atoms with Crippen molar-refractivity contribution in [1.82, 2.24) is 14.9 Å². The summed E-state index contributed by atoms with van der Waals surface area (Å²) in [5, 5.41) is 3.29. The minimum atomic E-state index is -0.177. The van der Waals surface area contributed by atoms with Crippen molar-refractivity contribution in [2.24, 2.45) is 0 Å². The summed E-state index contributed by atoms with van der Waals surface area (Å²) in [7, 11) is 4.64. The molecule has 2 rings (SSSR count). The van der Waals surface area contributed by atoms with Crippen molar-refractivity contribution in [2.75, 3.05) is 27.9 Å². The normalized spacial score (nSPS) is 12.0. The van der Waals surface area contributed by atoms with Gasteiger partial charge in [-0.25, -0.2) is 4.98 Å². The number of carbonyl (C=O) groups is 1. The molecule has 2 aromatic rings. The first-order chi connectivity index (χ1) is 12.5. The van der Waals surface area contributed by atoms with E-state index >= 15 is 0 Å². The molecule has 1 aromatic heterocycles. The number of rotatable bonds is 9. The van der Waals surface area contributed by atoms with E-state index in [9.17, 15) is 9.59 Å². The van der Waals surface area contributed by atoms with Crippen molar-refractivity contribution in [3.05, 3.63) is 28.8 Å². The lowest BCUT2D eigenvalue weighted by atomic mass is 10.2. The zero-order valence-corrected chi connectivity index (χ0v) is 15.6. The number of ether oxygens (including phenoxy) is 3. The van der Waals surface area contributed by atoms with Gasteiger partial charge in [0.25, 0.3) is 5.56 Å². The number of hydrogen-bond acceptors (Lipinski definition) is 6. The fraction of sp³-hybridized carbons (Fsp3) is 0.500. The Bertz CT molecular complexity index is 818. The van der Waals surface area contributed by atoms with Crippen LogP contribution in [0.3, 0.4) is 0 Å². The molecule has 1 amide bonds. The molecule has 0 saturated carbocycles. The lowest BCUT2D eigenvalue weighted by molar-refractivity contribution is -0.122. The first-order valence-corrected chi connectivity index (χ1v) is 8.39. The predicted molar refractivity (Wildman–Crippen MR) is 97.8 cm³/mol. The summed E-state index contributed by atoms with van der Waals surface area (Å²) in [6.45, 7) is 2.74. The second-order valence-electron chi connectivity index (χ2n) is 5.99. The summed E-state index contributed by atoms with van der Waals surface area (Å²) in [5.41, 5.74) is 0.360. The number of amides is 1. The summed E-state index contributed by atoms with van der Waals surface area (Å²) in [6.07, 6.45) is 2.35. The van der Waals surface area contributed by atoms with Crippen LogP contribution in [0.25, 0.3) is 10.9 Å². The number of benzene rings is 1. The maximum atomic E-state index is 12.6. The van der Waals surface area contributed by atoms with E-state index < -0.39 is 0 Å². The maximum Gasteiger partial charge on any atom is 0.261 e. The average Bonchev–Trinajstić information content (AvgIpc) is 2.62. The SMILES string of the molecule is COCC(C)NC(=O)CCCn1cnc2cc(OC)c(OC)cc2c1=O. The molecule has 0 aliphatic rings. The topological polar surface area (TPSA) is 91.7 Å². The number of aryl methyl sites for hydroxylation is 1. The van der Waals surface area contributed by atoms with Crippen molar-refractivity contribution in [1.29, 1.82) is 0 Å². The Morgan fingerprint density at radius 3 is 2.58 bits per heavy atom.